The van der Waals surface area contributed by atoms with Crippen LogP contribution in [0.15, 0.2) is 30.4 Å². The number of nitrogens with zero attached hydrogens (tertiary/aromatic N) is 3. The first-order chi connectivity index (χ1) is 9.40. The molecule has 20 heavy (non-hydrogen) atoms. The third-order valence-electron chi connectivity index (χ3n) is 3.14. The molecule has 1 aromatic heterocycles. The van der Waals surface area contributed by atoms with E-state index in [1.165, 1.54) is 0 Å². The van der Waals surface area contributed by atoms with E-state index in [1.54, 1.807) is 4.68 Å². The molecule has 0 aliphatic rings. The highest BCUT2D eigenvalue weighted by Crippen LogP contribution is 2.25. The summed E-state index contributed by atoms with van der Waals surface area (Å²) >= 11 is 0. The van der Waals surface area contributed by atoms with Crippen molar-refractivity contribution >= 4 is 5.97 Å². The lowest BCUT2D eigenvalue weighted by molar-refractivity contribution is 0.0691. The summed E-state index contributed by atoms with van der Waals surface area (Å²) in [5.41, 5.74) is 4.43. The second-order valence-corrected chi connectivity index (χ2v) is 5.01. The summed E-state index contributed by atoms with van der Waals surface area (Å²) in [4.78, 5) is 11.3. The van der Waals surface area contributed by atoms with Crippen molar-refractivity contribution in [3.05, 3.63) is 47.2 Å². The van der Waals surface area contributed by atoms with Crippen LogP contribution in [0.3, 0.4) is 0 Å². The Morgan fingerprint density at radius 3 is 2.60 bits per heavy atom. The van der Waals surface area contributed by atoms with Gasteiger partial charge in [0.25, 0.3) is 0 Å². The van der Waals surface area contributed by atoms with Crippen molar-refractivity contribution < 1.29 is 9.90 Å². The molecule has 0 aliphatic heterocycles. The Kier molecular flexibility index (Phi) is 3.70. The number of rotatable bonds is 4. The molecule has 5 heteroatoms. The number of aryl methyl sites for hydroxylation is 2. The summed E-state index contributed by atoms with van der Waals surface area (Å²) in [7, 11) is 0. The molecule has 0 atom stereocenters. The van der Waals surface area contributed by atoms with Crippen LogP contribution in [-0.4, -0.2) is 26.1 Å². The van der Waals surface area contributed by atoms with Gasteiger partial charge in [-0.1, -0.05) is 29.5 Å². The van der Waals surface area contributed by atoms with E-state index in [9.17, 15) is 9.90 Å². The van der Waals surface area contributed by atoms with Crippen molar-refractivity contribution in [2.75, 3.05) is 0 Å². The zero-order chi connectivity index (χ0) is 14.9. The monoisotopic (exact) mass is 271 g/mol. The molecule has 104 valence electrons. The average Bonchev–Trinajstić information content (AvgIpc) is 2.75. The van der Waals surface area contributed by atoms with Gasteiger partial charge in [0.15, 0.2) is 5.69 Å². The summed E-state index contributed by atoms with van der Waals surface area (Å²) in [6.45, 7) is 10.2. The summed E-state index contributed by atoms with van der Waals surface area (Å²) in [5, 5.41) is 17.0. The molecule has 0 aliphatic carbocycles. The number of hydrogen-bond donors (Lipinski definition) is 1. The second-order valence-electron chi connectivity index (χ2n) is 5.01. The van der Waals surface area contributed by atoms with E-state index in [1.807, 2.05) is 39.0 Å². The van der Waals surface area contributed by atoms with Crippen LogP contribution in [0.5, 0.6) is 0 Å². The number of carboxylic acids is 1. The summed E-state index contributed by atoms with van der Waals surface area (Å²) < 4.78 is 1.58. The van der Waals surface area contributed by atoms with Crippen molar-refractivity contribution in [3.8, 4) is 11.3 Å². The molecule has 0 saturated carbocycles. The van der Waals surface area contributed by atoms with E-state index in [-0.39, 0.29) is 5.69 Å². The van der Waals surface area contributed by atoms with Gasteiger partial charge >= 0.3 is 5.97 Å². The minimum Gasteiger partial charge on any atom is -0.476 e. The van der Waals surface area contributed by atoms with E-state index in [0.29, 0.717) is 12.2 Å². The minimum atomic E-state index is -1.08. The molecule has 0 spiro atoms. The van der Waals surface area contributed by atoms with Crippen molar-refractivity contribution in [3.63, 3.8) is 0 Å². The zero-order valence-corrected chi connectivity index (χ0v) is 11.8. The number of hydrogen-bond acceptors (Lipinski definition) is 3. The van der Waals surface area contributed by atoms with Crippen LogP contribution < -0.4 is 0 Å². The Balaban J connectivity index is 2.62. The predicted molar refractivity (Wildman–Crippen MR) is 76.7 cm³/mol. The summed E-state index contributed by atoms with van der Waals surface area (Å²) in [6.07, 6.45) is 0. The Morgan fingerprint density at radius 1 is 1.35 bits per heavy atom. The predicted octanol–water partition coefficient (Wildman–Crippen LogP) is 2.84. The number of aromatic carboxylic acids is 1. The fourth-order valence-electron chi connectivity index (χ4n) is 2.00. The molecular weight excluding hydrogens is 254 g/mol. The van der Waals surface area contributed by atoms with E-state index in [2.05, 4.69) is 16.9 Å². The second kappa shape index (κ2) is 5.28. The lowest BCUT2D eigenvalue weighted by atomic mass is 10.0. The molecule has 1 aromatic carbocycles. The summed E-state index contributed by atoms with van der Waals surface area (Å²) in [5.74, 6) is -1.08. The first kappa shape index (κ1) is 14.0. The fraction of sp³-hybridized carbons (Fsp3) is 0.267. The maximum Gasteiger partial charge on any atom is 0.358 e. The lowest BCUT2D eigenvalue weighted by Gasteiger charge is -2.09. The molecule has 0 bridgehead atoms. The highest BCUT2D eigenvalue weighted by atomic mass is 16.4. The first-order valence-corrected chi connectivity index (χ1v) is 6.29. The Hall–Kier alpha value is -2.43. The van der Waals surface area contributed by atoms with Gasteiger partial charge in [0, 0.05) is 5.56 Å². The number of aromatic nitrogens is 3. The summed E-state index contributed by atoms with van der Waals surface area (Å²) in [6, 6.07) is 5.81. The Morgan fingerprint density at radius 2 is 2.05 bits per heavy atom. The van der Waals surface area contributed by atoms with Crippen LogP contribution in [0.4, 0.5) is 0 Å². The third-order valence-corrected chi connectivity index (χ3v) is 3.14. The van der Waals surface area contributed by atoms with E-state index in [4.69, 9.17) is 0 Å². The van der Waals surface area contributed by atoms with Gasteiger partial charge in [-0.05, 0) is 38.0 Å². The number of benzene rings is 1. The highest BCUT2D eigenvalue weighted by molar-refractivity contribution is 5.92. The molecule has 2 aromatic rings. The molecule has 0 radical (unpaired) electrons. The van der Waals surface area contributed by atoms with Crippen LogP contribution in [0.25, 0.3) is 11.3 Å². The largest absolute Gasteiger partial charge is 0.476 e. The van der Waals surface area contributed by atoms with Gasteiger partial charge in [0.05, 0.1) is 6.54 Å². The fourth-order valence-corrected chi connectivity index (χ4v) is 2.00. The topological polar surface area (TPSA) is 68.0 Å². The van der Waals surface area contributed by atoms with Crippen LogP contribution in [-0.2, 0) is 6.54 Å². The first-order valence-electron chi connectivity index (χ1n) is 6.29. The zero-order valence-electron chi connectivity index (χ0n) is 11.8. The third kappa shape index (κ3) is 2.61. The van der Waals surface area contributed by atoms with E-state index >= 15 is 0 Å². The van der Waals surface area contributed by atoms with Gasteiger partial charge in [-0.3, -0.25) is 0 Å². The molecule has 0 fully saturated rings. The van der Waals surface area contributed by atoms with Crippen LogP contribution in [0, 0.1) is 13.8 Å². The van der Waals surface area contributed by atoms with E-state index in [0.717, 1.165) is 22.3 Å². The van der Waals surface area contributed by atoms with Crippen molar-refractivity contribution in [1.82, 2.24) is 15.0 Å². The Bertz CT molecular complexity index is 686. The van der Waals surface area contributed by atoms with Gasteiger partial charge in [0.1, 0.15) is 5.69 Å². The van der Waals surface area contributed by atoms with Gasteiger partial charge < -0.3 is 5.11 Å². The molecule has 0 amide bonds. The number of carboxylic acid groups (broad SMARTS) is 1. The van der Waals surface area contributed by atoms with Gasteiger partial charge in [-0.15, -0.1) is 5.10 Å². The van der Waals surface area contributed by atoms with Gasteiger partial charge in [0.2, 0.25) is 0 Å². The van der Waals surface area contributed by atoms with Gasteiger partial charge in [-0.2, -0.15) is 0 Å². The standard InChI is InChI=1S/C15H17N3O2/c1-9(2)8-18-14(13(15(19)20)16-17-18)12-6-5-10(3)11(4)7-12/h5-7H,1,8H2,2-4H3,(H,19,20). The van der Waals surface area contributed by atoms with Gasteiger partial charge in [-0.25, -0.2) is 9.48 Å². The maximum atomic E-state index is 11.3. The minimum absolute atomic E-state index is 0.0329. The van der Waals surface area contributed by atoms with Crippen molar-refractivity contribution in [1.29, 1.82) is 0 Å². The highest BCUT2D eigenvalue weighted by Gasteiger charge is 2.20. The molecule has 5 nitrogen and oxygen atoms in total. The molecule has 1 heterocycles. The quantitative estimate of drug-likeness (QED) is 0.868. The van der Waals surface area contributed by atoms with Crippen LogP contribution in [0.1, 0.15) is 28.5 Å². The van der Waals surface area contributed by atoms with Crippen LogP contribution in [0.2, 0.25) is 0 Å². The normalized spacial score (nSPS) is 10.6. The van der Waals surface area contributed by atoms with E-state index < -0.39 is 5.97 Å². The van der Waals surface area contributed by atoms with Crippen molar-refractivity contribution in [2.24, 2.45) is 0 Å². The van der Waals surface area contributed by atoms with Crippen molar-refractivity contribution in [2.45, 2.75) is 27.3 Å². The molecular formula is C15H17N3O2. The average molecular weight is 271 g/mol. The number of carbonyl (C=O) groups is 1. The Labute approximate surface area is 117 Å². The smallest absolute Gasteiger partial charge is 0.358 e. The number of allylic oxidation sites excluding steroid dienone is 1. The maximum absolute atomic E-state index is 11.3. The molecule has 0 unspecified atom stereocenters. The molecule has 1 N–H and O–H groups in total. The molecule has 0 saturated heterocycles. The van der Waals surface area contributed by atoms with Crippen LogP contribution >= 0.6 is 0 Å². The molecule has 2 rings (SSSR count). The lowest BCUT2D eigenvalue weighted by Crippen LogP contribution is -2.06. The SMILES string of the molecule is C=C(C)Cn1nnc(C(=O)O)c1-c1ccc(C)c(C)c1.